The van der Waals surface area contributed by atoms with Gasteiger partial charge >= 0.3 is 0 Å². The molecule has 0 heterocycles. The monoisotopic (exact) mass is 336 g/mol. The van der Waals surface area contributed by atoms with Crippen LogP contribution < -0.4 is 9.46 Å². The second-order valence-electron chi connectivity index (χ2n) is 4.70. The summed E-state index contributed by atoms with van der Waals surface area (Å²) in [4.78, 5) is 10.6. The lowest BCUT2D eigenvalue weighted by molar-refractivity contribution is -0.384. The average molecular weight is 336 g/mol. The van der Waals surface area contributed by atoms with Crippen LogP contribution in [-0.2, 0) is 10.0 Å². The van der Waals surface area contributed by atoms with Crippen LogP contribution >= 0.6 is 0 Å². The lowest BCUT2D eigenvalue weighted by atomic mass is 10.2. The first-order valence-electron chi connectivity index (χ1n) is 6.93. The maximum absolute atomic E-state index is 12.3. The molecule has 8 heteroatoms. The minimum atomic E-state index is -3.89. The van der Waals surface area contributed by atoms with Crippen LogP contribution in [0.25, 0.3) is 0 Å². The predicted molar refractivity (Wildman–Crippen MR) is 86.1 cm³/mol. The number of benzene rings is 2. The molecule has 23 heavy (non-hydrogen) atoms. The molecule has 0 fully saturated rings. The number of nitro benzene ring substituents is 1. The first-order chi connectivity index (χ1) is 10.9. The summed E-state index contributed by atoms with van der Waals surface area (Å²) in [6.45, 7) is 2.34. The maximum atomic E-state index is 12.3. The van der Waals surface area contributed by atoms with E-state index in [-0.39, 0.29) is 16.3 Å². The van der Waals surface area contributed by atoms with Crippen molar-refractivity contribution in [1.29, 1.82) is 0 Å². The molecule has 1 N–H and O–H groups in total. The van der Waals surface area contributed by atoms with Gasteiger partial charge in [-0.15, -0.1) is 0 Å². The highest BCUT2D eigenvalue weighted by Crippen LogP contribution is 2.30. The Labute approximate surface area is 134 Å². The van der Waals surface area contributed by atoms with Crippen LogP contribution in [0, 0.1) is 10.1 Å². The Kier molecular flexibility index (Phi) is 5.17. The van der Waals surface area contributed by atoms with Crippen molar-refractivity contribution in [1.82, 2.24) is 0 Å². The van der Waals surface area contributed by atoms with Crippen molar-refractivity contribution in [3.8, 4) is 5.75 Å². The van der Waals surface area contributed by atoms with Crippen LogP contribution in [0.3, 0.4) is 0 Å². The van der Waals surface area contributed by atoms with Crippen molar-refractivity contribution < 1.29 is 18.1 Å². The molecule has 2 rings (SSSR count). The van der Waals surface area contributed by atoms with E-state index in [9.17, 15) is 18.5 Å². The highest BCUT2D eigenvalue weighted by molar-refractivity contribution is 7.92. The third-order valence-electron chi connectivity index (χ3n) is 2.94. The van der Waals surface area contributed by atoms with E-state index < -0.39 is 14.9 Å². The molecule has 0 bridgehead atoms. The van der Waals surface area contributed by atoms with E-state index in [1.54, 1.807) is 18.2 Å². The first kappa shape index (κ1) is 16.8. The van der Waals surface area contributed by atoms with Crippen LogP contribution in [0.1, 0.15) is 13.3 Å². The molecule has 0 spiro atoms. The molecule has 2 aromatic carbocycles. The summed E-state index contributed by atoms with van der Waals surface area (Å²) in [6, 6.07) is 11.7. The summed E-state index contributed by atoms with van der Waals surface area (Å²) in [5, 5.41) is 11.2. The Balaban J connectivity index is 2.34. The predicted octanol–water partition coefficient (Wildman–Crippen LogP) is 3.18. The molecule has 0 unspecified atom stereocenters. The number of sulfonamides is 1. The van der Waals surface area contributed by atoms with Crippen LogP contribution in [0.15, 0.2) is 53.4 Å². The molecule has 0 atom stereocenters. The van der Waals surface area contributed by atoms with Gasteiger partial charge in [-0.25, -0.2) is 8.42 Å². The lowest BCUT2D eigenvalue weighted by Crippen LogP contribution is -2.14. The van der Waals surface area contributed by atoms with Gasteiger partial charge in [-0.3, -0.25) is 14.8 Å². The minimum absolute atomic E-state index is 0.0283. The maximum Gasteiger partial charge on any atom is 0.297 e. The van der Waals surface area contributed by atoms with Gasteiger partial charge in [0.05, 0.1) is 22.5 Å². The molecule has 0 aliphatic carbocycles. The Morgan fingerprint density at radius 1 is 1.17 bits per heavy atom. The van der Waals surface area contributed by atoms with E-state index >= 15 is 0 Å². The quantitative estimate of drug-likeness (QED) is 0.618. The van der Waals surface area contributed by atoms with Crippen LogP contribution in [0.2, 0.25) is 0 Å². The SMILES string of the molecule is CCCOc1ccc(NS(=O)(=O)c2ccccc2)c([N+](=O)[O-])c1. The molecule has 0 amide bonds. The second-order valence-corrected chi connectivity index (χ2v) is 6.39. The zero-order valence-corrected chi connectivity index (χ0v) is 13.2. The molecule has 122 valence electrons. The highest BCUT2D eigenvalue weighted by atomic mass is 32.2. The molecule has 0 radical (unpaired) electrons. The smallest absolute Gasteiger partial charge is 0.297 e. The summed E-state index contributed by atoms with van der Waals surface area (Å²) in [6.07, 6.45) is 0.760. The highest BCUT2D eigenvalue weighted by Gasteiger charge is 2.21. The Morgan fingerprint density at radius 3 is 2.48 bits per heavy atom. The third kappa shape index (κ3) is 4.19. The molecule has 0 aromatic heterocycles. The van der Waals surface area contributed by atoms with E-state index in [0.717, 1.165) is 6.42 Å². The van der Waals surface area contributed by atoms with Crippen LogP contribution in [0.5, 0.6) is 5.75 Å². The van der Waals surface area contributed by atoms with Gasteiger partial charge in [0.25, 0.3) is 15.7 Å². The van der Waals surface area contributed by atoms with Crippen molar-refractivity contribution >= 4 is 21.4 Å². The van der Waals surface area contributed by atoms with Gasteiger partial charge in [0.1, 0.15) is 11.4 Å². The topological polar surface area (TPSA) is 98.5 Å². The Morgan fingerprint density at radius 2 is 1.87 bits per heavy atom. The average Bonchev–Trinajstić information content (AvgIpc) is 2.54. The number of nitrogens with zero attached hydrogens (tertiary/aromatic N) is 1. The first-order valence-corrected chi connectivity index (χ1v) is 8.41. The zero-order valence-electron chi connectivity index (χ0n) is 12.4. The van der Waals surface area contributed by atoms with Crippen molar-refractivity contribution in [3.63, 3.8) is 0 Å². The molecule has 2 aromatic rings. The zero-order chi connectivity index (χ0) is 16.9. The fraction of sp³-hybridized carbons (Fsp3) is 0.200. The molecule has 0 saturated heterocycles. The van der Waals surface area contributed by atoms with Gasteiger partial charge in [-0.05, 0) is 30.7 Å². The second kappa shape index (κ2) is 7.10. The molecular formula is C15H16N2O5S. The Bertz CT molecular complexity index is 791. The normalized spacial score (nSPS) is 11.0. The number of anilines is 1. The Hall–Kier alpha value is -2.61. The van der Waals surface area contributed by atoms with Gasteiger partial charge in [0.2, 0.25) is 0 Å². The number of hydrogen-bond acceptors (Lipinski definition) is 5. The van der Waals surface area contributed by atoms with Crippen molar-refractivity contribution in [2.24, 2.45) is 0 Å². The van der Waals surface area contributed by atoms with Crippen LogP contribution in [0.4, 0.5) is 11.4 Å². The summed E-state index contributed by atoms with van der Waals surface area (Å²) in [5.41, 5.74) is -0.471. The van der Waals surface area contributed by atoms with E-state index in [4.69, 9.17) is 4.74 Å². The van der Waals surface area contributed by atoms with Gasteiger partial charge in [0, 0.05) is 0 Å². The number of ether oxygens (including phenoxy) is 1. The third-order valence-corrected chi connectivity index (χ3v) is 4.32. The van der Waals surface area contributed by atoms with Crippen molar-refractivity contribution in [2.75, 3.05) is 11.3 Å². The van der Waals surface area contributed by atoms with E-state index in [1.807, 2.05) is 6.92 Å². The number of nitrogens with one attached hydrogen (secondary N) is 1. The fourth-order valence-electron chi connectivity index (χ4n) is 1.86. The number of rotatable bonds is 7. The molecule has 7 nitrogen and oxygen atoms in total. The van der Waals surface area contributed by atoms with Crippen LogP contribution in [-0.4, -0.2) is 19.9 Å². The standard InChI is InChI=1S/C15H16N2O5S/c1-2-10-22-12-8-9-14(15(11-12)17(18)19)16-23(20,21)13-6-4-3-5-7-13/h3-9,11,16H,2,10H2,1H3. The van der Waals surface area contributed by atoms with E-state index in [0.29, 0.717) is 12.4 Å². The van der Waals surface area contributed by atoms with Crippen molar-refractivity contribution in [2.45, 2.75) is 18.2 Å². The van der Waals surface area contributed by atoms with Gasteiger partial charge in [0.15, 0.2) is 0 Å². The largest absolute Gasteiger partial charge is 0.493 e. The van der Waals surface area contributed by atoms with Gasteiger partial charge in [-0.2, -0.15) is 0 Å². The number of nitro groups is 1. The van der Waals surface area contributed by atoms with E-state index in [2.05, 4.69) is 4.72 Å². The van der Waals surface area contributed by atoms with E-state index in [1.165, 1.54) is 30.3 Å². The molecular weight excluding hydrogens is 320 g/mol. The summed E-state index contributed by atoms with van der Waals surface area (Å²) < 4.78 is 32.1. The fourth-order valence-corrected chi connectivity index (χ4v) is 2.96. The molecule has 0 aliphatic heterocycles. The summed E-state index contributed by atoms with van der Waals surface area (Å²) >= 11 is 0. The lowest BCUT2D eigenvalue weighted by Gasteiger charge is -2.10. The summed E-state index contributed by atoms with van der Waals surface area (Å²) in [7, 11) is -3.89. The minimum Gasteiger partial charge on any atom is -0.493 e. The number of hydrogen-bond donors (Lipinski definition) is 1. The molecule has 0 saturated carbocycles. The van der Waals surface area contributed by atoms with Crippen molar-refractivity contribution in [3.05, 3.63) is 58.6 Å². The molecule has 0 aliphatic rings. The van der Waals surface area contributed by atoms with Gasteiger partial charge in [-0.1, -0.05) is 25.1 Å². The van der Waals surface area contributed by atoms with Gasteiger partial charge < -0.3 is 4.74 Å². The summed E-state index contributed by atoms with van der Waals surface area (Å²) in [5.74, 6) is 0.321.